The van der Waals surface area contributed by atoms with Crippen LogP contribution in [0.1, 0.15) is 6.42 Å². The SMILES string of the molecule is NCCC(O)(O[P+](=O)O)P(=O)(O)O. The average Bonchev–Trinajstić information content (AvgIpc) is 1.82. The highest BCUT2D eigenvalue weighted by atomic mass is 31.2. The smallest absolute Gasteiger partial charge is 0.353 e. The second-order valence-corrected chi connectivity index (χ2v) is 4.60. The molecular formula is C3H10NO7P2+. The lowest BCUT2D eigenvalue weighted by atomic mass is 10.4. The molecule has 78 valence electrons. The highest BCUT2D eigenvalue weighted by Gasteiger charge is 2.53. The van der Waals surface area contributed by atoms with E-state index in [1.165, 1.54) is 0 Å². The molecule has 13 heavy (non-hydrogen) atoms. The van der Waals surface area contributed by atoms with Gasteiger partial charge in [0.1, 0.15) is 0 Å². The number of rotatable bonds is 5. The summed E-state index contributed by atoms with van der Waals surface area (Å²) in [6.07, 6.45) is -0.640. The first-order valence-electron chi connectivity index (χ1n) is 3.06. The summed E-state index contributed by atoms with van der Waals surface area (Å²) in [6, 6.07) is 0. The van der Waals surface area contributed by atoms with Crippen molar-refractivity contribution in [2.75, 3.05) is 6.54 Å². The zero-order chi connectivity index (χ0) is 10.7. The quantitative estimate of drug-likeness (QED) is 0.294. The van der Waals surface area contributed by atoms with Gasteiger partial charge in [0.25, 0.3) is 0 Å². The number of hydrogen-bond donors (Lipinski definition) is 5. The van der Waals surface area contributed by atoms with Crippen LogP contribution in [-0.2, 0) is 13.7 Å². The maximum atomic E-state index is 10.6. The molecule has 8 nitrogen and oxygen atoms in total. The summed E-state index contributed by atoms with van der Waals surface area (Å²) < 4.78 is 24.5. The van der Waals surface area contributed by atoms with E-state index in [0.717, 1.165) is 0 Å². The minimum absolute atomic E-state index is 0.301. The predicted octanol–water partition coefficient (Wildman–Crippen LogP) is -1.17. The summed E-state index contributed by atoms with van der Waals surface area (Å²) in [5, 5.41) is 9.11. The third kappa shape index (κ3) is 3.76. The lowest BCUT2D eigenvalue weighted by Crippen LogP contribution is -2.32. The van der Waals surface area contributed by atoms with Gasteiger partial charge in [0.05, 0.1) is 0 Å². The van der Waals surface area contributed by atoms with Gasteiger partial charge in [0, 0.05) is 11.0 Å². The van der Waals surface area contributed by atoms with Gasteiger partial charge in [-0.2, -0.15) is 0 Å². The monoisotopic (exact) mass is 234 g/mol. The molecule has 0 aromatic carbocycles. The Kier molecular flexibility index (Phi) is 4.58. The lowest BCUT2D eigenvalue weighted by molar-refractivity contribution is -0.0854. The summed E-state index contributed by atoms with van der Waals surface area (Å²) >= 11 is 0. The third-order valence-corrected chi connectivity index (χ3v) is 2.98. The van der Waals surface area contributed by atoms with Crippen molar-refractivity contribution < 1.29 is 33.4 Å². The van der Waals surface area contributed by atoms with Crippen molar-refractivity contribution in [1.82, 2.24) is 0 Å². The van der Waals surface area contributed by atoms with Gasteiger partial charge in [-0.1, -0.05) is 4.52 Å². The van der Waals surface area contributed by atoms with E-state index in [1.807, 2.05) is 0 Å². The fourth-order valence-corrected chi connectivity index (χ4v) is 1.95. The highest BCUT2D eigenvalue weighted by Crippen LogP contribution is 2.54. The molecule has 0 amide bonds. The van der Waals surface area contributed by atoms with E-state index in [1.54, 1.807) is 0 Å². The molecule has 6 N–H and O–H groups in total. The normalized spacial score (nSPS) is 18.1. The van der Waals surface area contributed by atoms with E-state index in [4.69, 9.17) is 25.5 Å². The Morgan fingerprint density at radius 2 is 2.00 bits per heavy atom. The van der Waals surface area contributed by atoms with Gasteiger partial charge in [0.2, 0.25) is 0 Å². The fourth-order valence-electron chi connectivity index (χ4n) is 0.558. The molecule has 10 heteroatoms. The number of hydrogen-bond acceptors (Lipinski definition) is 5. The van der Waals surface area contributed by atoms with E-state index in [9.17, 15) is 9.13 Å². The van der Waals surface area contributed by atoms with Crippen LogP contribution in [0.3, 0.4) is 0 Å². The van der Waals surface area contributed by atoms with Crippen molar-refractivity contribution in [3.05, 3.63) is 0 Å². The van der Waals surface area contributed by atoms with Crippen LogP contribution in [0, 0.1) is 0 Å². The summed E-state index contributed by atoms with van der Waals surface area (Å²) in [6.45, 7) is -0.301. The van der Waals surface area contributed by atoms with E-state index in [-0.39, 0.29) is 6.54 Å². The molecule has 0 radical (unpaired) electrons. The Balaban J connectivity index is 4.73. The first kappa shape index (κ1) is 13.1. The highest BCUT2D eigenvalue weighted by molar-refractivity contribution is 7.53. The maximum Gasteiger partial charge on any atom is 0.698 e. The van der Waals surface area contributed by atoms with Crippen LogP contribution < -0.4 is 5.73 Å². The molecule has 2 unspecified atom stereocenters. The summed E-state index contributed by atoms with van der Waals surface area (Å²) in [5.74, 6) is 0. The Labute approximate surface area is 74.4 Å². The van der Waals surface area contributed by atoms with E-state index in [2.05, 4.69) is 4.52 Å². The van der Waals surface area contributed by atoms with E-state index in [0.29, 0.717) is 0 Å². The molecule has 0 heterocycles. The second-order valence-electron chi connectivity index (χ2n) is 2.15. The molecule has 0 aliphatic heterocycles. The van der Waals surface area contributed by atoms with Crippen molar-refractivity contribution in [1.29, 1.82) is 0 Å². The van der Waals surface area contributed by atoms with Gasteiger partial charge in [0.15, 0.2) is 0 Å². The second kappa shape index (κ2) is 4.54. The van der Waals surface area contributed by atoms with Gasteiger partial charge in [-0.25, -0.2) is 0 Å². The van der Waals surface area contributed by atoms with Crippen LogP contribution in [0.15, 0.2) is 0 Å². The topological polar surface area (TPSA) is 150 Å². The van der Waals surface area contributed by atoms with Crippen molar-refractivity contribution in [3.63, 3.8) is 0 Å². The van der Waals surface area contributed by atoms with Crippen molar-refractivity contribution >= 4 is 15.9 Å². The minimum Gasteiger partial charge on any atom is -0.353 e. The van der Waals surface area contributed by atoms with Crippen LogP contribution in [0.2, 0.25) is 0 Å². The largest absolute Gasteiger partial charge is 0.698 e. The lowest BCUT2D eigenvalue weighted by Gasteiger charge is -2.20. The molecule has 0 saturated heterocycles. The molecule has 2 atom stereocenters. The van der Waals surface area contributed by atoms with Crippen LogP contribution >= 0.6 is 15.9 Å². The average molecular weight is 234 g/mol. The van der Waals surface area contributed by atoms with Crippen LogP contribution in [0.5, 0.6) is 0 Å². The van der Waals surface area contributed by atoms with Crippen molar-refractivity contribution in [2.24, 2.45) is 5.73 Å². The first-order valence-corrected chi connectivity index (χ1v) is 5.80. The zero-order valence-corrected chi connectivity index (χ0v) is 8.19. The number of nitrogens with two attached hydrogens (primary N) is 1. The van der Waals surface area contributed by atoms with Gasteiger partial charge in [-0.15, -0.1) is 4.89 Å². The molecule has 0 aromatic heterocycles. The Hall–Kier alpha value is 0.0900. The summed E-state index contributed by atoms with van der Waals surface area (Å²) in [5.41, 5.74) is 1.95. The number of aliphatic hydroxyl groups is 1. The Morgan fingerprint density at radius 3 is 2.23 bits per heavy atom. The summed E-state index contributed by atoms with van der Waals surface area (Å²) in [4.78, 5) is 25.3. The molecule has 0 rings (SSSR count). The van der Waals surface area contributed by atoms with Crippen molar-refractivity contribution in [3.8, 4) is 0 Å². The van der Waals surface area contributed by atoms with Crippen LogP contribution in [0.4, 0.5) is 0 Å². The van der Waals surface area contributed by atoms with Gasteiger partial charge in [-0.05, 0) is 6.54 Å². The van der Waals surface area contributed by atoms with Crippen LogP contribution in [0.25, 0.3) is 0 Å². The molecule has 0 fully saturated rings. The molecule has 0 aromatic rings. The third-order valence-electron chi connectivity index (χ3n) is 1.15. The first-order chi connectivity index (χ1) is 5.73. The van der Waals surface area contributed by atoms with Gasteiger partial charge < -0.3 is 20.6 Å². The fraction of sp³-hybridized carbons (Fsp3) is 1.00. The molecule has 0 saturated carbocycles. The Morgan fingerprint density at radius 1 is 1.54 bits per heavy atom. The minimum atomic E-state index is -5.05. The zero-order valence-electron chi connectivity index (χ0n) is 6.40. The predicted molar refractivity (Wildman–Crippen MR) is 41.6 cm³/mol. The van der Waals surface area contributed by atoms with E-state index >= 15 is 0 Å². The summed E-state index contributed by atoms with van der Waals surface area (Å²) in [7, 11) is -8.36. The Bertz CT molecular complexity index is 238. The molecule has 0 spiro atoms. The maximum absolute atomic E-state index is 10.6. The standard InChI is InChI=1S/C3H9NO7P2/c4-2-1-3(5,11-12(6)7)13(8,9)10/h5H,1-2,4H2,(H2-,6,7,8,9,10)/p+1. The molecule has 0 aliphatic rings. The molecular weight excluding hydrogens is 224 g/mol. The van der Waals surface area contributed by atoms with Gasteiger partial charge >= 0.3 is 21.4 Å². The van der Waals surface area contributed by atoms with Crippen LogP contribution in [-0.4, -0.2) is 31.9 Å². The van der Waals surface area contributed by atoms with Crippen molar-refractivity contribution in [2.45, 2.75) is 11.9 Å². The molecule has 0 bridgehead atoms. The molecule has 0 aliphatic carbocycles. The van der Waals surface area contributed by atoms with Gasteiger partial charge in [-0.3, -0.25) is 4.57 Å². The van der Waals surface area contributed by atoms with E-state index < -0.39 is 27.8 Å².